The zero-order valence-electron chi connectivity index (χ0n) is 26.8. The molecule has 2 saturated heterocycles. The number of rotatable bonds is 10. The Hall–Kier alpha value is -2.74. The number of thiazole rings is 1. The van der Waals surface area contributed by atoms with Crippen LogP contribution in [-0.2, 0) is 17.6 Å². The second kappa shape index (κ2) is 13.5. The quantitative estimate of drug-likeness (QED) is 0.269. The molecule has 43 heavy (non-hydrogen) atoms. The maximum atomic E-state index is 12.4. The first kappa shape index (κ1) is 31.7. The number of piperidine rings is 1. The second-order valence-corrected chi connectivity index (χ2v) is 14.8. The lowest BCUT2D eigenvalue weighted by Gasteiger charge is -2.36. The molecule has 2 aliphatic rings. The Balaban J connectivity index is 1.26. The number of aromatic nitrogens is 1. The van der Waals surface area contributed by atoms with E-state index in [1.165, 1.54) is 32.3 Å². The van der Waals surface area contributed by atoms with Crippen molar-refractivity contribution >= 4 is 17.3 Å². The molecule has 0 saturated carbocycles. The number of aryl methyl sites for hydroxylation is 2. The third kappa shape index (κ3) is 7.50. The van der Waals surface area contributed by atoms with Crippen LogP contribution in [0.5, 0.6) is 5.75 Å². The Morgan fingerprint density at radius 3 is 2.44 bits per heavy atom. The van der Waals surface area contributed by atoms with Gasteiger partial charge in [0.2, 0.25) is 0 Å². The van der Waals surface area contributed by atoms with Crippen molar-refractivity contribution in [1.29, 1.82) is 0 Å². The normalized spacial score (nSPS) is 21.3. The summed E-state index contributed by atoms with van der Waals surface area (Å²) in [5.41, 5.74) is 4.84. The van der Waals surface area contributed by atoms with Crippen LogP contribution in [0.25, 0.3) is 0 Å². The maximum absolute atomic E-state index is 12.4. The standard InChI is InChI=1S/C36H49N3O3S/c1-7-31-33(43-32(37-31)20-25-11-13-29(42-6)14-12-25)26-15-17-38(18-16-26)21-28-22-39(34(35(40)41)36(3,4)5)23-30(28)27-10-8-9-24(2)19-27/h8-14,19,26,28,30,34H,7,15-18,20-23H2,1-6H3,(H,40,41). The number of methoxy groups -OCH3 is 1. The molecule has 3 aromatic rings. The molecule has 1 aromatic heterocycles. The molecular formula is C36H49N3O3S. The molecule has 5 rings (SSSR count). The summed E-state index contributed by atoms with van der Waals surface area (Å²) in [4.78, 5) is 23.9. The molecule has 2 fully saturated rings. The molecule has 0 radical (unpaired) electrons. The third-order valence-corrected chi connectivity index (χ3v) is 10.7. The molecule has 1 N–H and O–H groups in total. The molecule has 3 atom stereocenters. The van der Waals surface area contributed by atoms with E-state index in [4.69, 9.17) is 9.72 Å². The van der Waals surface area contributed by atoms with E-state index in [2.05, 4.69) is 80.8 Å². The number of carboxylic acids is 1. The molecule has 3 heterocycles. The minimum Gasteiger partial charge on any atom is -0.497 e. The number of carbonyl (C=O) groups is 1. The highest BCUT2D eigenvalue weighted by atomic mass is 32.1. The van der Waals surface area contributed by atoms with Gasteiger partial charge < -0.3 is 14.7 Å². The van der Waals surface area contributed by atoms with E-state index in [0.717, 1.165) is 64.2 Å². The van der Waals surface area contributed by atoms with Gasteiger partial charge in [-0.2, -0.15) is 0 Å². The van der Waals surface area contributed by atoms with Gasteiger partial charge in [-0.1, -0.05) is 69.7 Å². The van der Waals surface area contributed by atoms with Crippen molar-refractivity contribution in [3.05, 3.63) is 80.8 Å². The number of aliphatic carboxylic acids is 1. The lowest BCUT2D eigenvalue weighted by molar-refractivity contribution is -0.147. The van der Waals surface area contributed by atoms with Gasteiger partial charge in [-0.3, -0.25) is 9.69 Å². The lowest BCUT2D eigenvalue weighted by Crippen LogP contribution is -2.48. The van der Waals surface area contributed by atoms with Crippen LogP contribution in [-0.4, -0.2) is 71.7 Å². The molecule has 7 heteroatoms. The van der Waals surface area contributed by atoms with Gasteiger partial charge in [0.15, 0.2) is 0 Å². The Kier molecular flexibility index (Phi) is 9.94. The summed E-state index contributed by atoms with van der Waals surface area (Å²) in [6.45, 7) is 15.4. The number of likely N-dealkylation sites (tertiary alicyclic amines) is 2. The average molecular weight is 604 g/mol. The Labute approximate surface area is 262 Å². The van der Waals surface area contributed by atoms with E-state index in [0.29, 0.717) is 17.8 Å². The minimum absolute atomic E-state index is 0.325. The molecule has 0 aliphatic carbocycles. The third-order valence-electron chi connectivity index (χ3n) is 9.43. The van der Waals surface area contributed by atoms with Crippen LogP contribution in [0.2, 0.25) is 0 Å². The summed E-state index contributed by atoms with van der Waals surface area (Å²) < 4.78 is 5.32. The summed E-state index contributed by atoms with van der Waals surface area (Å²) in [6, 6.07) is 16.7. The van der Waals surface area contributed by atoms with Crippen LogP contribution in [0, 0.1) is 18.3 Å². The fourth-order valence-corrected chi connectivity index (χ4v) is 8.70. The fraction of sp³-hybridized carbons (Fsp3) is 0.556. The van der Waals surface area contributed by atoms with Crippen molar-refractivity contribution in [1.82, 2.24) is 14.8 Å². The van der Waals surface area contributed by atoms with E-state index >= 15 is 0 Å². The van der Waals surface area contributed by atoms with Crippen LogP contribution in [0.3, 0.4) is 0 Å². The number of ether oxygens (including phenoxy) is 1. The SMILES string of the molecule is CCc1nc(Cc2ccc(OC)cc2)sc1C1CCN(CC2CN(C(C(=O)O)C(C)(C)C)CC2c2cccc(C)c2)CC1. The molecule has 6 nitrogen and oxygen atoms in total. The van der Waals surface area contributed by atoms with Crippen molar-refractivity contribution in [2.75, 3.05) is 39.8 Å². The van der Waals surface area contributed by atoms with Crippen molar-refractivity contribution < 1.29 is 14.6 Å². The van der Waals surface area contributed by atoms with Gasteiger partial charge in [0.1, 0.15) is 11.8 Å². The second-order valence-electron chi connectivity index (χ2n) is 13.7. The van der Waals surface area contributed by atoms with Gasteiger partial charge in [-0.25, -0.2) is 4.98 Å². The van der Waals surface area contributed by atoms with Crippen molar-refractivity contribution in [3.8, 4) is 5.75 Å². The number of nitrogens with zero attached hydrogens (tertiary/aromatic N) is 3. The summed E-state index contributed by atoms with van der Waals surface area (Å²) in [5.74, 6) is 1.50. The molecule has 2 aliphatic heterocycles. The summed E-state index contributed by atoms with van der Waals surface area (Å²) in [5, 5.41) is 11.4. The van der Waals surface area contributed by atoms with Crippen molar-refractivity contribution in [2.24, 2.45) is 11.3 Å². The van der Waals surface area contributed by atoms with E-state index in [1.807, 2.05) is 23.5 Å². The Morgan fingerprint density at radius 2 is 1.84 bits per heavy atom. The largest absolute Gasteiger partial charge is 0.497 e. The predicted molar refractivity (Wildman–Crippen MR) is 176 cm³/mol. The first-order valence-electron chi connectivity index (χ1n) is 15.9. The van der Waals surface area contributed by atoms with Gasteiger partial charge in [0, 0.05) is 36.9 Å². The van der Waals surface area contributed by atoms with Gasteiger partial charge in [0.05, 0.1) is 17.8 Å². The van der Waals surface area contributed by atoms with E-state index in [9.17, 15) is 9.90 Å². The maximum Gasteiger partial charge on any atom is 0.321 e. The zero-order valence-corrected chi connectivity index (χ0v) is 27.6. The van der Waals surface area contributed by atoms with E-state index in [1.54, 1.807) is 7.11 Å². The van der Waals surface area contributed by atoms with Crippen LogP contribution >= 0.6 is 11.3 Å². The topological polar surface area (TPSA) is 65.9 Å². The average Bonchev–Trinajstić information content (AvgIpc) is 3.56. The zero-order chi connectivity index (χ0) is 30.7. The first-order valence-corrected chi connectivity index (χ1v) is 16.7. The monoisotopic (exact) mass is 603 g/mol. The van der Waals surface area contributed by atoms with Crippen molar-refractivity contribution in [3.63, 3.8) is 0 Å². The molecule has 0 spiro atoms. The Bertz CT molecular complexity index is 1370. The number of benzene rings is 2. The number of carboxylic acid groups (broad SMARTS) is 1. The summed E-state index contributed by atoms with van der Waals surface area (Å²) >= 11 is 1.91. The fourth-order valence-electron chi connectivity index (χ4n) is 7.34. The molecular weight excluding hydrogens is 554 g/mol. The highest BCUT2D eigenvalue weighted by Gasteiger charge is 2.44. The minimum atomic E-state index is -0.709. The van der Waals surface area contributed by atoms with Crippen LogP contribution < -0.4 is 4.74 Å². The molecule has 232 valence electrons. The van der Waals surface area contributed by atoms with E-state index < -0.39 is 12.0 Å². The highest BCUT2D eigenvalue weighted by molar-refractivity contribution is 7.11. The smallest absolute Gasteiger partial charge is 0.321 e. The van der Waals surface area contributed by atoms with Crippen LogP contribution in [0.15, 0.2) is 48.5 Å². The van der Waals surface area contributed by atoms with Crippen LogP contribution in [0.4, 0.5) is 0 Å². The highest BCUT2D eigenvalue weighted by Crippen LogP contribution is 2.40. The summed E-state index contributed by atoms with van der Waals surface area (Å²) in [6.07, 6.45) is 4.15. The van der Waals surface area contributed by atoms with Gasteiger partial charge in [-0.05, 0) is 79.8 Å². The Morgan fingerprint density at radius 1 is 1.12 bits per heavy atom. The summed E-state index contributed by atoms with van der Waals surface area (Å²) in [7, 11) is 1.70. The molecule has 0 bridgehead atoms. The first-order chi connectivity index (χ1) is 20.5. The molecule has 2 aromatic carbocycles. The lowest BCUT2D eigenvalue weighted by atomic mass is 9.85. The van der Waals surface area contributed by atoms with Crippen molar-refractivity contribution in [2.45, 2.75) is 78.2 Å². The van der Waals surface area contributed by atoms with Crippen LogP contribution in [0.1, 0.15) is 84.6 Å². The van der Waals surface area contributed by atoms with Gasteiger partial charge in [-0.15, -0.1) is 11.3 Å². The van der Waals surface area contributed by atoms with Gasteiger partial charge in [0.25, 0.3) is 0 Å². The van der Waals surface area contributed by atoms with E-state index in [-0.39, 0.29) is 5.41 Å². The predicted octanol–water partition coefficient (Wildman–Crippen LogP) is 7.01. The number of hydrogen-bond donors (Lipinski definition) is 1. The van der Waals surface area contributed by atoms with Gasteiger partial charge >= 0.3 is 5.97 Å². The number of hydrogen-bond acceptors (Lipinski definition) is 6. The molecule has 3 unspecified atom stereocenters. The molecule has 0 amide bonds.